The van der Waals surface area contributed by atoms with Crippen molar-refractivity contribution in [3.05, 3.63) is 101 Å². The van der Waals surface area contributed by atoms with Crippen molar-refractivity contribution >= 4 is 23.4 Å². The highest BCUT2D eigenvalue weighted by Crippen LogP contribution is 2.59. The van der Waals surface area contributed by atoms with Gasteiger partial charge in [0.2, 0.25) is 17.7 Å². The topological polar surface area (TPSA) is 108 Å². The smallest absolute Gasteiger partial charge is 0.250 e. The van der Waals surface area contributed by atoms with Crippen LogP contribution in [0.1, 0.15) is 35.1 Å². The van der Waals surface area contributed by atoms with Gasteiger partial charge in [-0.15, -0.1) is 0 Å². The number of carbonyl (C=O) groups is 3. The Kier molecular flexibility index (Phi) is 7.60. The molecular weight excluding hydrogens is 530 g/mol. The lowest BCUT2D eigenvalue weighted by Crippen LogP contribution is -2.56. The van der Waals surface area contributed by atoms with E-state index >= 15 is 0 Å². The molecule has 2 bridgehead atoms. The van der Waals surface area contributed by atoms with Crippen LogP contribution in [0.15, 0.2) is 78.9 Å². The van der Waals surface area contributed by atoms with Gasteiger partial charge in [0.25, 0.3) is 0 Å². The molecule has 1 spiro atoms. The summed E-state index contributed by atoms with van der Waals surface area (Å²) in [6.07, 6.45) is 0.987. The first-order valence-electron chi connectivity index (χ1n) is 14.7. The van der Waals surface area contributed by atoms with E-state index in [0.717, 1.165) is 22.3 Å². The first-order valence-corrected chi connectivity index (χ1v) is 14.7. The highest BCUT2D eigenvalue weighted by molar-refractivity contribution is 6.04. The zero-order valence-electron chi connectivity index (χ0n) is 24.0. The van der Waals surface area contributed by atoms with Gasteiger partial charge in [0.15, 0.2) is 0 Å². The average Bonchev–Trinajstić information content (AvgIpc) is 3.65. The van der Waals surface area contributed by atoms with E-state index in [2.05, 4.69) is 10.6 Å². The zero-order valence-corrected chi connectivity index (χ0v) is 24.0. The van der Waals surface area contributed by atoms with Gasteiger partial charge in [0.05, 0.1) is 30.6 Å². The molecule has 218 valence electrons. The van der Waals surface area contributed by atoms with Crippen molar-refractivity contribution in [1.29, 1.82) is 0 Å². The minimum Gasteiger partial charge on any atom is -0.394 e. The number of hydrogen-bond acceptors (Lipinski definition) is 5. The molecule has 6 rings (SSSR count). The van der Waals surface area contributed by atoms with Gasteiger partial charge in [0.1, 0.15) is 11.6 Å². The molecule has 3 aromatic carbocycles. The van der Waals surface area contributed by atoms with Crippen LogP contribution in [0, 0.1) is 25.7 Å². The molecule has 0 aromatic heterocycles. The van der Waals surface area contributed by atoms with Crippen molar-refractivity contribution < 1.29 is 24.2 Å². The van der Waals surface area contributed by atoms with E-state index in [1.807, 2.05) is 92.7 Å². The molecule has 3 fully saturated rings. The number of fused-ring (bicyclic) bond motifs is 1. The molecule has 8 nitrogen and oxygen atoms in total. The van der Waals surface area contributed by atoms with E-state index < -0.39 is 35.6 Å². The van der Waals surface area contributed by atoms with Crippen LogP contribution in [0.4, 0.5) is 5.69 Å². The Bertz CT molecular complexity index is 1480. The standard InChI is InChI=1S/C34H37N3O5/c1-21-13-14-22(2)26(17-21)36-32(40)30-34-16-15-27(42-34)28(31(39)35-19-24-11-7-4-8-12-24)29(34)33(41)37(30)25(20-38)18-23-9-5-3-6-10-23/h3-14,17,25,27-30,38H,15-16,18-20H2,1-2H3,(H,35,39)(H,36,40)/t25-,27-,28+,29+,30?,34?/m1/s1. The third-order valence-corrected chi connectivity index (χ3v) is 9.17. The quantitative estimate of drug-likeness (QED) is 0.367. The average molecular weight is 568 g/mol. The molecule has 2 unspecified atom stereocenters. The maximum atomic E-state index is 14.4. The predicted molar refractivity (Wildman–Crippen MR) is 158 cm³/mol. The fraction of sp³-hybridized carbons (Fsp3) is 0.382. The summed E-state index contributed by atoms with van der Waals surface area (Å²) >= 11 is 0. The third-order valence-electron chi connectivity index (χ3n) is 9.17. The first kappa shape index (κ1) is 28.1. The summed E-state index contributed by atoms with van der Waals surface area (Å²) in [6.45, 7) is 3.89. The van der Waals surface area contributed by atoms with Gasteiger partial charge in [-0.05, 0) is 61.4 Å². The maximum absolute atomic E-state index is 14.4. The molecule has 3 aliphatic heterocycles. The molecule has 3 aromatic rings. The van der Waals surface area contributed by atoms with Crippen LogP contribution in [-0.4, -0.2) is 58.1 Å². The van der Waals surface area contributed by atoms with Crippen LogP contribution in [0.3, 0.4) is 0 Å². The number of nitrogens with one attached hydrogen (secondary N) is 2. The molecular formula is C34H37N3O5. The van der Waals surface area contributed by atoms with Crippen molar-refractivity contribution in [2.24, 2.45) is 11.8 Å². The third kappa shape index (κ3) is 4.88. The molecule has 3 heterocycles. The Balaban J connectivity index is 1.35. The van der Waals surface area contributed by atoms with Crippen molar-refractivity contribution in [3.8, 4) is 0 Å². The number of aliphatic hydroxyl groups excluding tert-OH is 1. The number of rotatable bonds is 9. The molecule has 42 heavy (non-hydrogen) atoms. The lowest BCUT2D eigenvalue weighted by molar-refractivity contribution is -0.144. The number of hydrogen-bond donors (Lipinski definition) is 3. The van der Waals surface area contributed by atoms with Crippen LogP contribution in [0.5, 0.6) is 0 Å². The van der Waals surface area contributed by atoms with Crippen molar-refractivity contribution in [1.82, 2.24) is 10.2 Å². The molecule has 0 aliphatic carbocycles. The van der Waals surface area contributed by atoms with Crippen LogP contribution in [0.25, 0.3) is 0 Å². The summed E-state index contributed by atoms with van der Waals surface area (Å²) in [5, 5.41) is 16.7. The number of benzene rings is 3. The first-order chi connectivity index (χ1) is 20.3. The molecule has 3 amide bonds. The minimum atomic E-state index is -1.15. The van der Waals surface area contributed by atoms with Crippen LogP contribution < -0.4 is 10.6 Å². The second-order valence-electron chi connectivity index (χ2n) is 11.8. The van der Waals surface area contributed by atoms with Crippen molar-refractivity contribution in [2.75, 3.05) is 11.9 Å². The van der Waals surface area contributed by atoms with Gasteiger partial charge < -0.3 is 25.4 Å². The Hall–Kier alpha value is -4.01. The number of anilines is 1. The molecule has 3 N–H and O–H groups in total. The van der Waals surface area contributed by atoms with E-state index in [1.165, 1.54) is 4.90 Å². The molecule has 8 heteroatoms. The lowest BCUT2D eigenvalue weighted by Gasteiger charge is -2.37. The number of nitrogens with zero attached hydrogens (tertiary/aromatic N) is 1. The Morgan fingerprint density at radius 2 is 1.69 bits per heavy atom. The second-order valence-corrected chi connectivity index (χ2v) is 11.8. The summed E-state index contributed by atoms with van der Waals surface area (Å²) < 4.78 is 6.57. The van der Waals surface area contributed by atoms with Crippen molar-refractivity contribution in [3.63, 3.8) is 0 Å². The number of aryl methyl sites for hydroxylation is 2. The highest BCUT2D eigenvalue weighted by atomic mass is 16.5. The van der Waals surface area contributed by atoms with E-state index in [-0.39, 0.29) is 24.3 Å². The number of aliphatic hydroxyl groups is 1. The van der Waals surface area contributed by atoms with E-state index in [4.69, 9.17) is 4.74 Å². The van der Waals surface area contributed by atoms with Gasteiger partial charge in [0, 0.05) is 12.2 Å². The minimum absolute atomic E-state index is 0.247. The van der Waals surface area contributed by atoms with Gasteiger partial charge in [-0.1, -0.05) is 72.8 Å². The van der Waals surface area contributed by atoms with Crippen LogP contribution >= 0.6 is 0 Å². The SMILES string of the molecule is Cc1ccc(C)c(NC(=O)C2N([C@@H](CO)Cc3ccccc3)C(=O)[C@@H]3[C@@H](C(=O)NCc4ccccc4)[C@H]4CCC23O4)c1. The maximum Gasteiger partial charge on any atom is 0.250 e. The Morgan fingerprint density at radius 3 is 2.38 bits per heavy atom. The van der Waals surface area contributed by atoms with Crippen LogP contribution in [-0.2, 0) is 32.1 Å². The van der Waals surface area contributed by atoms with Gasteiger partial charge in [-0.2, -0.15) is 0 Å². The largest absolute Gasteiger partial charge is 0.394 e. The normalized spacial score (nSPS) is 26.6. The van der Waals surface area contributed by atoms with Gasteiger partial charge in [-0.3, -0.25) is 14.4 Å². The fourth-order valence-electron chi connectivity index (χ4n) is 7.20. The summed E-state index contributed by atoms with van der Waals surface area (Å²) in [7, 11) is 0. The molecule has 3 saturated heterocycles. The Labute approximate surface area is 246 Å². The van der Waals surface area contributed by atoms with E-state index in [9.17, 15) is 19.5 Å². The molecule has 6 atom stereocenters. The molecule has 0 radical (unpaired) electrons. The number of carbonyl (C=O) groups excluding carboxylic acids is 3. The van der Waals surface area contributed by atoms with E-state index in [1.54, 1.807) is 0 Å². The number of amides is 3. The van der Waals surface area contributed by atoms with Gasteiger partial charge in [-0.25, -0.2) is 0 Å². The highest BCUT2D eigenvalue weighted by Gasteiger charge is 2.75. The summed E-state index contributed by atoms with van der Waals surface area (Å²) in [5.41, 5.74) is 3.31. The monoisotopic (exact) mass is 567 g/mol. The Morgan fingerprint density at radius 1 is 1.00 bits per heavy atom. The summed E-state index contributed by atoms with van der Waals surface area (Å²) in [6, 6.07) is 23.4. The number of ether oxygens (including phenoxy) is 1. The zero-order chi connectivity index (χ0) is 29.4. The summed E-state index contributed by atoms with van der Waals surface area (Å²) in [4.78, 5) is 43.9. The van der Waals surface area contributed by atoms with E-state index in [0.29, 0.717) is 31.5 Å². The fourth-order valence-corrected chi connectivity index (χ4v) is 7.20. The van der Waals surface area contributed by atoms with Crippen molar-refractivity contribution in [2.45, 2.75) is 63.4 Å². The predicted octanol–water partition coefficient (Wildman–Crippen LogP) is 3.54. The molecule has 3 aliphatic rings. The van der Waals surface area contributed by atoms with Crippen LogP contribution in [0.2, 0.25) is 0 Å². The van der Waals surface area contributed by atoms with Gasteiger partial charge >= 0.3 is 0 Å². The lowest BCUT2D eigenvalue weighted by atomic mass is 9.70. The summed E-state index contributed by atoms with van der Waals surface area (Å²) in [5.74, 6) is -2.45. The number of likely N-dealkylation sites (tertiary alicyclic amines) is 1. The second kappa shape index (κ2) is 11.3. The molecule has 0 saturated carbocycles.